The molecule has 1 saturated carbocycles. The molecule has 5 heteroatoms. The highest BCUT2D eigenvalue weighted by atomic mass is 16.3. The van der Waals surface area contributed by atoms with E-state index in [2.05, 4.69) is 5.10 Å². The molecule has 2 heterocycles. The fraction of sp³-hybridized carbons (Fsp3) is 0.667. The Morgan fingerprint density at radius 1 is 1.47 bits per heavy atom. The van der Waals surface area contributed by atoms with Gasteiger partial charge in [0.2, 0.25) is 0 Å². The van der Waals surface area contributed by atoms with Crippen LogP contribution in [0.25, 0.3) is 0 Å². The molecule has 1 aromatic rings. The second kappa shape index (κ2) is 3.84. The van der Waals surface area contributed by atoms with Crippen molar-refractivity contribution in [2.24, 2.45) is 18.9 Å². The van der Waals surface area contributed by atoms with Crippen molar-refractivity contribution < 1.29 is 9.90 Å². The van der Waals surface area contributed by atoms with Crippen LogP contribution in [0.2, 0.25) is 0 Å². The van der Waals surface area contributed by atoms with Crippen LogP contribution in [0.5, 0.6) is 0 Å². The highest BCUT2D eigenvalue weighted by Crippen LogP contribution is 2.38. The Labute approximate surface area is 100 Å². The minimum atomic E-state index is -0.218. The average molecular weight is 235 g/mol. The maximum atomic E-state index is 12.3. The zero-order valence-electron chi connectivity index (χ0n) is 9.91. The molecule has 2 aliphatic rings. The lowest BCUT2D eigenvalue weighted by molar-refractivity contribution is 0.0742. The van der Waals surface area contributed by atoms with E-state index >= 15 is 0 Å². The third-order valence-corrected chi connectivity index (χ3v) is 4.15. The molecular formula is C12H17N3O2. The normalized spacial score (nSPS) is 31.9. The van der Waals surface area contributed by atoms with Gasteiger partial charge in [-0.1, -0.05) is 0 Å². The van der Waals surface area contributed by atoms with Crippen molar-refractivity contribution >= 4 is 5.91 Å². The van der Waals surface area contributed by atoms with E-state index in [-0.39, 0.29) is 17.9 Å². The molecule has 0 radical (unpaired) electrons. The Morgan fingerprint density at radius 2 is 2.29 bits per heavy atom. The standard InChI is InChI=1S/C12H17N3O2/c1-14-10(4-5-13-14)12(17)15-6-8-2-3-11(16)9(8)7-15/h4-5,8-9,11,16H,2-3,6-7H2,1H3. The lowest BCUT2D eigenvalue weighted by atomic mass is 10.00. The molecule has 1 amide bonds. The number of aliphatic hydroxyl groups is 1. The predicted molar refractivity (Wildman–Crippen MR) is 61.3 cm³/mol. The van der Waals surface area contributed by atoms with Gasteiger partial charge in [-0.05, 0) is 24.8 Å². The summed E-state index contributed by atoms with van der Waals surface area (Å²) in [7, 11) is 1.78. The van der Waals surface area contributed by atoms with Crippen molar-refractivity contribution in [2.45, 2.75) is 18.9 Å². The van der Waals surface area contributed by atoms with Gasteiger partial charge in [0.1, 0.15) is 5.69 Å². The van der Waals surface area contributed by atoms with Gasteiger partial charge in [-0.2, -0.15) is 5.10 Å². The summed E-state index contributed by atoms with van der Waals surface area (Å²) in [6.07, 6.45) is 3.35. The van der Waals surface area contributed by atoms with Gasteiger partial charge >= 0.3 is 0 Å². The molecule has 5 nitrogen and oxygen atoms in total. The van der Waals surface area contributed by atoms with E-state index in [4.69, 9.17) is 0 Å². The largest absolute Gasteiger partial charge is 0.393 e. The number of aliphatic hydroxyl groups excluding tert-OH is 1. The second-order valence-corrected chi connectivity index (χ2v) is 5.12. The maximum absolute atomic E-state index is 12.3. The zero-order valence-corrected chi connectivity index (χ0v) is 9.91. The number of rotatable bonds is 1. The number of aromatic nitrogens is 2. The summed E-state index contributed by atoms with van der Waals surface area (Å²) >= 11 is 0. The van der Waals surface area contributed by atoms with Crippen molar-refractivity contribution in [3.63, 3.8) is 0 Å². The summed E-state index contributed by atoms with van der Waals surface area (Å²) in [5.74, 6) is 0.806. The van der Waals surface area contributed by atoms with Crippen molar-refractivity contribution in [3.8, 4) is 0 Å². The van der Waals surface area contributed by atoms with Crippen LogP contribution >= 0.6 is 0 Å². The quantitative estimate of drug-likeness (QED) is 0.759. The molecule has 92 valence electrons. The number of nitrogens with zero attached hydrogens (tertiary/aromatic N) is 3. The summed E-state index contributed by atoms with van der Waals surface area (Å²) in [4.78, 5) is 14.1. The van der Waals surface area contributed by atoms with E-state index in [1.54, 1.807) is 24.0 Å². The summed E-state index contributed by atoms with van der Waals surface area (Å²) < 4.78 is 1.60. The topological polar surface area (TPSA) is 58.4 Å². The minimum Gasteiger partial charge on any atom is -0.393 e. The second-order valence-electron chi connectivity index (χ2n) is 5.12. The van der Waals surface area contributed by atoms with Gasteiger partial charge in [0.15, 0.2) is 0 Å². The van der Waals surface area contributed by atoms with Gasteiger partial charge in [0, 0.05) is 32.3 Å². The first kappa shape index (κ1) is 10.8. The minimum absolute atomic E-state index is 0.0339. The summed E-state index contributed by atoms with van der Waals surface area (Å²) in [6, 6.07) is 1.74. The summed E-state index contributed by atoms with van der Waals surface area (Å²) in [5.41, 5.74) is 0.625. The number of carbonyl (C=O) groups excluding carboxylic acids is 1. The number of hydrogen-bond donors (Lipinski definition) is 1. The van der Waals surface area contributed by atoms with Crippen molar-refractivity contribution in [1.29, 1.82) is 0 Å². The van der Waals surface area contributed by atoms with Crippen molar-refractivity contribution in [1.82, 2.24) is 14.7 Å². The first-order chi connectivity index (χ1) is 8.16. The van der Waals surface area contributed by atoms with E-state index in [1.807, 2.05) is 4.90 Å². The molecule has 0 spiro atoms. The van der Waals surface area contributed by atoms with Gasteiger partial charge in [-0.15, -0.1) is 0 Å². The zero-order chi connectivity index (χ0) is 12.0. The predicted octanol–water partition coefficient (Wildman–Crippen LogP) is 0.263. The number of aryl methyl sites for hydroxylation is 1. The summed E-state index contributed by atoms with van der Waals surface area (Å²) in [6.45, 7) is 1.47. The monoisotopic (exact) mass is 235 g/mol. The maximum Gasteiger partial charge on any atom is 0.272 e. The number of hydrogen-bond acceptors (Lipinski definition) is 3. The third kappa shape index (κ3) is 1.65. The van der Waals surface area contributed by atoms with E-state index in [1.165, 1.54) is 0 Å². The molecule has 0 bridgehead atoms. The first-order valence-electron chi connectivity index (χ1n) is 6.12. The van der Waals surface area contributed by atoms with Gasteiger partial charge in [0.25, 0.3) is 5.91 Å². The van der Waals surface area contributed by atoms with Gasteiger partial charge in [-0.25, -0.2) is 0 Å². The van der Waals surface area contributed by atoms with Crippen LogP contribution in [0.3, 0.4) is 0 Å². The van der Waals surface area contributed by atoms with E-state index in [0.29, 0.717) is 18.2 Å². The Bertz CT molecular complexity index is 443. The molecule has 3 atom stereocenters. The molecule has 0 aromatic carbocycles. The van der Waals surface area contributed by atoms with Crippen LogP contribution in [-0.2, 0) is 7.05 Å². The lowest BCUT2D eigenvalue weighted by Gasteiger charge is -2.18. The fourth-order valence-electron chi connectivity index (χ4n) is 3.15. The Hall–Kier alpha value is -1.36. The number of likely N-dealkylation sites (tertiary alicyclic amines) is 1. The van der Waals surface area contributed by atoms with Crippen LogP contribution in [0, 0.1) is 11.8 Å². The van der Waals surface area contributed by atoms with Crippen molar-refractivity contribution in [3.05, 3.63) is 18.0 Å². The van der Waals surface area contributed by atoms with E-state index < -0.39 is 0 Å². The van der Waals surface area contributed by atoms with Crippen LogP contribution < -0.4 is 0 Å². The summed E-state index contributed by atoms with van der Waals surface area (Å²) in [5, 5.41) is 13.8. The Morgan fingerprint density at radius 3 is 2.94 bits per heavy atom. The molecule has 1 N–H and O–H groups in total. The van der Waals surface area contributed by atoms with E-state index in [0.717, 1.165) is 19.4 Å². The van der Waals surface area contributed by atoms with Crippen LogP contribution in [0.15, 0.2) is 12.3 Å². The highest BCUT2D eigenvalue weighted by molar-refractivity contribution is 5.92. The van der Waals surface area contributed by atoms with Crippen LogP contribution in [0.1, 0.15) is 23.3 Å². The van der Waals surface area contributed by atoms with Gasteiger partial charge in [0.05, 0.1) is 6.10 Å². The SMILES string of the molecule is Cn1nccc1C(=O)N1CC2CCC(O)C2C1. The number of fused-ring (bicyclic) bond motifs is 1. The van der Waals surface area contributed by atoms with Crippen molar-refractivity contribution in [2.75, 3.05) is 13.1 Å². The van der Waals surface area contributed by atoms with Gasteiger partial charge in [-0.3, -0.25) is 9.48 Å². The molecule has 3 unspecified atom stereocenters. The third-order valence-electron chi connectivity index (χ3n) is 4.15. The molecule has 1 aliphatic heterocycles. The molecule has 1 aromatic heterocycles. The number of carbonyl (C=O) groups is 1. The van der Waals surface area contributed by atoms with Gasteiger partial charge < -0.3 is 10.0 Å². The molecule has 17 heavy (non-hydrogen) atoms. The molecule has 2 fully saturated rings. The Kier molecular flexibility index (Phi) is 2.43. The lowest BCUT2D eigenvalue weighted by Crippen LogP contribution is -2.32. The first-order valence-corrected chi connectivity index (χ1v) is 6.12. The molecule has 1 saturated heterocycles. The Balaban J connectivity index is 1.75. The molecule has 1 aliphatic carbocycles. The molecule has 3 rings (SSSR count). The average Bonchev–Trinajstić information content (AvgIpc) is 2.96. The molecular weight excluding hydrogens is 218 g/mol. The fourth-order valence-corrected chi connectivity index (χ4v) is 3.15. The number of amides is 1. The highest BCUT2D eigenvalue weighted by Gasteiger charge is 2.43. The van der Waals surface area contributed by atoms with E-state index in [9.17, 15) is 9.90 Å². The van der Waals surface area contributed by atoms with Crippen LogP contribution in [-0.4, -0.2) is 44.9 Å². The smallest absolute Gasteiger partial charge is 0.272 e. The van der Waals surface area contributed by atoms with Crippen LogP contribution in [0.4, 0.5) is 0 Å².